The van der Waals surface area contributed by atoms with Gasteiger partial charge in [-0.25, -0.2) is 0 Å². The fourth-order valence-corrected chi connectivity index (χ4v) is 3.00. The molecule has 0 radical (unpaired) electrons. The maximum atomic E-state index is 12.4. The van der Waals surface area contributed by atoms with E-state index in [4.69, 9.17) is 5.73 Å². The van der Waals surface area contributed by atoms with Crippen LogP contribution in [0.2, 0.25) is 0 Å². The van der Waals surface area contributed by atoms with Gasteiger partial charge in [0, 0.05) is 19.3 Å². The second-order valence-electron chi connectivity index (χ2n) is 6.93. The lowest BCUT2D eigenvalue weighted by Crippen LogP contribution is -2.42. The molecule has 1 rings (SSSR count). The lowest BCUT2D eigenvalue weighted by molar-refractivity contribution is -0.130. The molecule has 2 amide bonds. The number of thioether (sulfide) groups is 1. The summed E-state index contributed by atoms with van der Waals surface area (Å²) >= 11 is 1.34. The van der Waals surface area contributed by atoms with E-state index in [0.29, 0.717) is 13.1 Å². The summed E-state index contributed by atoms with van der Waals surface area (Å²) in [5.74, 6) is 0.160. The highest BCUT2D eigenvalue weighted by Crippen LogP contribution is 2.18. The van der Waals surface area contributed by atoms with Crippen LogP contribution < -0.4 is 11.1 Å². The van der Waals surface area contributed by atoms with Crippen molar-refractivity contribution in [2.75, 3.05) is 31.2 Å². The number of nitrogens with two attached hydrogens (primary N) is 1. The number of nitrogens with zero attached hydrogens (tertiary/aromatic N) is 1. The summed E-state index contributed by atoms with van der Waals surface area (Å²) < 4.78 is 0. The Hall–Kier alpha value is -1.53. The van der Waals surface area contributed by atoms with Crippen LogP contribution >= 0.6 is 11.8 Å². The van der Waals surface area contributed by atoms with Crippen LogP contribution in [0.3, 0.4) is 0 Å². The first-order valence-corrected chi connectivity index (χ1v) is 9.12. The van der Waals surface area contributed by atoms with Gasteiger partial charge in [-0.3, -0.25) is 9.59 Å². The van der Waals surface area contributed by atoms with Gasteiger partial charge in [-0.1, -0.05) is 31.5 Å². The van der Waals surface area contributed by atoms with Crippen LogP contribution in [0.5, 0.6) is 0 Å². The zero-order valence-corrected chi connectivity index (χ0v) is 16.1. The number of aryl methyl sites for hydroxylation is 1. The maximum absolute atomic E-state index is 12.4. The van der Waals surface area contributed by atoms with Gasteiger partial charge in [-0.05, 0) is 37.9 Å². The Kier molecular flexibility index (Phi) is 7.76. The average Bonchev–Trinajstić information content (AvgIpc) is 2.53. The predicted molar refractivity (Wildman–Crippen MR) is 102 cm³/mol. The number of benzene rings is 1. The van der Waals surface area contributed by atoms with Crippen LogP contribution in [-0.2, 0) is 9.59 Å². The normalized spacial score (nSPS) is 12.6. The molecule has 0 spiro atoms. The molecule has 0 saturated heterocycles. The molecule has 0 heterocycles. The molecule has 1 aromatic rings. The monoisotopic (exact) mass is 351 g/mol. The SMILES string of the molecule is Cc1ccc(NC(=O)CSC(C)C(=O)N(C)CC(C)(C)CN)cc1. The molecule has 6 heteroatoms. The molecule has 0 aliphatic carbocycles. The highest BCUT2D eigenvalue weighted by atomic mass is 32.2. The first-order valence-electron chi connectivity index (χ1n) is 8.08. The summed E-state index contributed by atoms with van der Waals surface area (Å²) in [5.41, 5.74) is 7.52. The molecule has 0 bridgehead atoms. The minimum atomic E-state index is -0.271. The third-order valence-corrected chi connectivity index (χ3v) is 4.87. The molecule has 1 unspecified atom stereocenters. The van der Waals surface area contributed by atoms with E-state index in [1.807, 2.05) is 52.0 Å². The Bertz CT molecular complexity index is 558. The number of hydrogen-bond donors (Lipinski definition) is 2. The molecule has 3 N–H and O–H groups in total. The van der Waals surface area contributed by atoms with Crippen LogP contribution in [0.4, 0.5) is 5.69 Å². The molecule has 1 atom stereocenters. The summed E-state index contributed by atoms with van der Waals surface area (Å²) in [7, 11) is 1.78. The smallest absolute Gasteiger partial charge is 0.235 e. The van der Waals surface area contributed by atoms with Crippen molar-refractivity contribution < 1.29 is 9.59 Å². The van der Waals surface area contributed by atoms with E-state index in [1.165, 1.54) is 11.8 Å². The lowest BCUT2D eigenvalue weighted by atomic mass is 9.93. The van der Waals surface area contributed by atoms with Crippen molar-refractivity contribution in [1.82, 2.24) is 4.90 Å². The van der Waals surface area contributed by atoms with Gasteiger partial charge in [0.1, 0.15) is 0 Å². The molecule has 0 saturated carbocycles. The predicted octanol–water partition coefficient (Wildman–Crippen LogP) is 2.50. The van der Waals surface area contributed by atoms with Crippen LogP contribution in [-0.4, -0.2) is 47.9 Å². The molecule has 0 aliphatic heterocycles. The number of hydrogen-bond acceptors (Lipinski definition) is 4. The van der Waals surface area contributed by atoms with E-state index in [-0.39, 0.29) is 28.2 Å². The fraction of sp³-hybridized carbons (Fsp3) is 0.556. The van der Waals surface area contributed by atoms with Gasteiger partial charge < -0.3 is 16.0 Å². The van der Waals surface area contributed by atoms with Gasteiger partial charge in [0.2, 0.25) is 11.8 Å². The lowest BCUT2D eigenvalue weighted by Gasteiger charge is -2.30. The van der Waals surface area contributed by atoms with E-state index in [2.05, 4.69) is 5.32 Å². The Balaban J connectivity index is 2.43. The highest BCUT2D eigenvalue weighted by Gasteiger charge is 2.24. The van der Waals surface area contributed by atoms with Crippen molar-refractivity contribution in [1.29, 1.82) is 0 Å². The van der Waals surface area contributed by atoms with E-state index in [9.17, 15) is 9.59 Å². The molecular weight excluding hydrogens is 322 g/mol. The van der Waals surface area contributed by atoms with Gasteiger partial charge in [0.05, 0.1) is 11.0 Å². The second kappa shape index (κ2) is 9.08. The minimum absolute atomic E-state index is 0.0182. The van der Waals surface area contributed by atoms with Gasteiger partial charge >= 0.3 is 0 Å². The van der Waals surface area contributed by atoms with Gasteiger partial charge in [-0.15, -0.1) is 11.8 Å². The highest BCUT2D eigenvalue weighted by molar-refractivity contribution is 8.01. The molecule has 0 fully saturated rings. The average molecular weight is 352 g/mol. The minimum Gasteiger partial charge on any atom is -0.344 e. The number of amides is 2. The van der Waals surface area contributed by atoms with Gasteiger partial charge in [0.15, 0.2) is 0 Å². The van der Waals surface area contributed by atoms with Crippen molar-refractivity contribution >= 4 is 29.3 Å². The van der Waals surface area contributed by atoms with E-state index in [0.717, 1.165) is 11.3 Å². The van der Waals surface area contributed by atoms with Crippen LogP contribution in [0.25, 0.3) is 0 Å². The topological polar surface area (TPSA) is 75.4 Å². The fourth-order valence-electron chi connectivity index (χ4n) is 2.20. The van der Waals surface area contributed by atoms with E-state index in [1.54, 1.807) is 11.9 Å². The Labute approximate surface area is 149 Å². The standard InChI is InChI=1S/C18H29N3O2S/c1-13-6-8-15(9-7-13)20-16(22)10-24-14(2)17(23)21(5)12-18(3,4)11-19/h6-9,14H,10-12,19H2,1-5H3,(H,20,22). The van der Waals surface area contributed by atoms with Crippen molar-refractivity contribution in [3.63, 3.8) is 0 Å². The number of nitrogens with one attached hydrogen (secondary N) is 1. The number of carbonyl (C=O) groups is 2. The quantitative estimate of drug-likeness (QED) is 0.754. The summed E-state index contributed by atoms with van der Waals surface area (Å²) in [6.45, 7) is 9.01. The summed E-state index contributed by atoms with van der Waals surface area (Å²) in [5, 5.41) is 2.57. The number of carbonyl (C=O) groups excluding carboxylic acids is 2. The molecule has 24 heavy (non-hydrogen) atoms. The van der Waals surface area contributed by atoms with E-state index >= 15 is 0 Å². The second-order valence-corrected chi connectivity index (χ2v) is 8.26. The van der Waals surface area contributed by atoms with Gasteiger partial charge in [-0.2, -0.15) is 0 Å². The number of anilines is 1. The van der Waals surface area contributed by atoms with Crippen LogP contribution in [0.1, 0.15) is 26.3 Å². The van der Waals surface area contributed by atoms with Crippen molar-refractivity contribution in [3.05, 3.63) is 29.8 Å². The van der Waals surface area contributed by atoms with Crippen molar-refractivity contribution in [2.45, 2.75) is 32.9 Å². The third-order valence-electron chi connectivity index (χ3n) is 3.74. The van der Waals surface area contributed by atoms with Crippen LogP contribution in [0.15, 0.2) is 24.3 Å². The van der Waals surface area contributed by atoms with Crippen molar-refractivity contribution in [2.24, 2.45) is 11.1 Å². The Morgan fingerprint density at radius 3 is 2.42 bits per heavy atom. The summed E-state index contributed by atoms with van der Waals surface area (Å²) in [4.78, 5) is 26.1. The summed E-state index contributed by atoms with van der Waals surface area (Å²) in [6.07, 6.45) is 0. The number of rotatable bonds is 8. The molecule has 5 nitrogen and oxygen atoms in total. The largest absolute Gasteiger partial charge is 0.344 e. The molecule has 134 valence electrons. The third kappa shape index (κ3) is 6.93. The zero-order valence-electron chi connectivity index (χ0n) is 15.3. The Morgan fingerprint density at radius 2 is 1.88 bits per heavy atom. The van der Waals surface area contributed by atoms with Crippen molar-refractivity contribution in [3.8, 4) is 0 Å². The Morgan fingerprint density at radius 1 is 1.29 bits per heavy atom. The van der Waals surface area contributed by atoms with Crippen LogP contribution in [0, 0.1) is 12.3 Å². The maximum Gasteiger partial charge on any atom is 0.235 e. The zero-order chi connectivity index (χ0) is 18.3. The first-order chi connectivity index (χ1) is 11.1. The van der Waals surface area contributed by atoms with E-state index < -0.39 is 0 Å². The molecule has 0 aromatic heterocycles. The molecule has 1 aromatic carbocycles. The molecule has 0 aliphatic rings. The molecular formula is C18H29N3O2S. The van der Waals surface area contributed by atoms with Gasteiger partial charge in [0.25, 0.3) is 0 Å². The first kappa shape index (κ1) is 20.5. The summed E-state index contributed by atoms with van der Waals surface area (Å²) in [6, 6.07) is 7.64.